The molecule has 2 aromatic heterocycles. The molecule has 3 aromatic rings. The molecule has 0 aliphatic heterocycles. The van der Waals surface area contributed by atoms with Crippen molar-refractivity contribution >= 4 is 40.3 Å². The minimum atomic E-state index is -0.478. The summed E-state index contributed by atoms with van der Waals surface area (Å²) < 4.78 is 7.20. The number of phenolic OH excluding ortho intramolecular Hbond substituents is 1. The fraction of sp³-hybridized carbons (Fsp3) is 0.353. The van der Waals surface area contributed by atoms with Crippen molar-refractivity contribution in [2.45, 2.75) is 30.8 Å². The summed E-state index contributed by atoms with van der Waals surface area (Å²) in [7, 11) is 3.84. The third-order valence-corrected chi connectivity index (χ3v) is 5.11. The predicted molar refractivity (Wildman–Crippen MR) is 103 cm³/mol. The summed E-state index contributed by atoms with van der Waals surface area (Å²) >= 11 is 7.49. The Kier molecular flexibility index (Phi) is 5.15. The van der Waals surface area contributed by atoms with Crippen LogP contribution in [0.3, 0.4) is 0 Å². The molecule has 9 heteroatoms. The van der Waals surface area contributed by atoms with Crippen LogP contribution in [-0.4, -0.2) is 34.0 Å². The molecular weight excluding hydrogens is 376 g/mol. The van der Waals surface area contributed by atoms with Gasteiger partial charge in [-0.2, -0.15) is 0 Å². The lowest BCUT2D eigenvalue weighted by molar-refractivity contribution is 0.473. The van der Waals surface area contributed by atoms with Crippen molar-refractivity contribution in [3.63, 3.8) is 0 Å². The molecule has 2 heterocycles. The summed E-state index contributed by atoms with van der Waals surface area (Å²) in [5, 5.41) is 19.9. The fourth-order valence-corrected chi connectivity index (χ4v) is 3.84. The quantitative estimate of drug-likeness (QED) is 0.521. The standard InChI is InChI=1S/C17H19ClN4O3S/c1-9(2)22-16(21(3)4)19-20-17(22)26-8-10-5-15(24)25-14-7-13(23)12(18)6-11(10)14/h5-7,9,23H,8H2,1-4H3. The lowest BCUT2D eigenvalue weighted by atomic mass is 10.1. The SMILES string of the molecule is CC(C)n1c(SCc2cc(=O)oc3cc(O)c(Cl)cc23)nnc1N(C)C. The smallest absolute Gasteiger partial charge is 0.336 e. The second-order valence-electron chi connectivity index (χ2n) is 6.32. The van der Waals surface area contributed by atoms with E-state index in [1.165, 1.54) is 23.9 Å². The fourth-order valence-electron chi connectivity index (χ4n) is 2.62. The van der Waals surface area contributed by atoms with Gasteiger partial charge in [0, 0.05) is 43.4 Å². The van der Waals surface area contributed by atoms with Crippen molar-refractivity contribution in [2.75, 3.05) is 19.0 Å². The summed E-state index contributed by atoms with van der Waals surface area (Å²) in [5.74, 6) is 1.14. The van der Waals surface area contributed by atoms with Crippen LogP contribution in [0.4, 0.5) is 5.95 Å². The van der Waals surface area contributed by atoms with Crippen molar-refractivity contribution in [3.05, 3.63) is 39.2 Å². The minimum absolute atomic E-state index is 0.123. The van der Waals surface area contributed by atoms with Crippen LogP contribution in [0, 0.1) is 0 Å². The Morgan fingerprint density at radius 1 is 1.31 bits per heavy atom. The first-order valence-corrected chi connectivity index (χ1v) is 9.34. The highest BCUT2D eigenvalue weighted by Gasteiger charge is 2.18. The van der Waals surface area contributed by atoms with Crippen LogP contribution in [0.25, 0.3) is 11.0 Å². The zero-order valence-corrected chi connectivity index (χ0v) is 16.4. The maximum Gasteiger partial charge on any atom is 0.336 e. The Morgan fingerprint density at radius 3 is 2.69 bits per heavy atom. The van der Waals surface area contributed by atoms with Crippen LogP contribution < -0.4 is 10.5 Å². The molecule has 0 saturated heterocycles. The number of aromatic nitrogens is 3. The van der Waals surface area contributed by atoms with E-state index in [1.54, 1.807) is 6.07 Å². The molecular formula is C17H19ClN4O3S. The molecule has 3 rings (SSSR count). The van der Waals surface area contributed by atoms with Gasteiger partial charge in [0.25, 0.3) is 0 Å². The first-order valence-electron chi connectivity index (χ1n) is 7.98. The largest absolute Gasteiger partial charge is 0.506 e. The Morgan fingerprint density at radius 2 is 2.04 bits per heavy atom. The Balaban J connectivity index is 1.98. The van der Waals surface area contributed by atoms with Crippen LogP contribution in [0.1, 0.15) is 25.5 Å². The van der Waals surface area contributed by atoms with E-state index in [2.05, 4.69) is 24.0 Å². The normalized spacial score (nSPS) is 11.5. The van der Waals surface area contributed by atoms with Crippen LogP contribution in [0.15, 0.2) is 32.6 Å². The highest BCUT2D eigenvalue weighted by Crippen LogP contribution is 2.33. The molecule has 0 unspecified atom stereocenters. The van der Waals surface area contributed by atoms with Crippen molar-refractivity contribution in [1.29, 1.82) is 0 Å². The van der Waals surface area contributed by atoms with Crippen molar-refractivity contribution in [3.8, 4) is 5.75 Å². The lowest BCUT2D eigenvalue weighted by Gasteiger charge is -2.17. The molecule has 0 spiro atoms. The van der Waals surface area contributed by atoms with Gasteiger partial charge >= 0.3 is 5.63 Å². The average Bonchev–Trinajstić information content (AvgIpc) is 2.98. The van der Waals surface area contributed by atoms with E-state index in [-0.39, 0.29) is 16.8 Å². The summed E-state index contributed by atoms with van der Waals surface area (Å²) in [6, 6.07) is 4.58. The number of hydrogen-bond acceptors (Lipinski definition) is 7. The number of hydrogen-bond donors (Lipinski definition) is 1. The van der Waals surface area contributed by atoms with Gasteiger partial charge in [-0.25, -0.2) is 4.79 Å². The molecule has 0 aliphatic rings. The number of nitrogens with zero attached hydrogens (tertiary/aromatic N) is 4. The molecule has 7 nitrogen and oxygen atoms in total. The van der Waals surface area contributed by atoms with Crippen LogP contribution in [0.5, 0.6) is 5.75 Å². The van der Waals surface area contributed by atoms with Gasteiger partial charge in [-0.05, 0) is 25.5 Å². The first kappa shape index (κ1) is 18.6. The van der Waals surface area contributed by atoms with Crippen LogP contribution in [-0.2, 0) is 5.75 Å². The molecule has 0 aliphatic carbocycles. The van der Waals surface area contributed by atoms with Gasteiger partial charge in [0.1, 0.15) is 11.3 Å². The molecule has 0 saturated carbocycles. The number of halogens is 1. The third kappa shape index (κ3) is 3.52. The number of thioether (sulfide) groups is 1. The maximum atomic E-state index is 11.9. The Hall–Kier alpha value is -2.19. The van der Waals surface area contributed by atoms with Gasteiger partial charge in [0.05, 0.1) is 5.02 Å². The van der Waals surface area contributed by atoms with Gasteiger partial charge < -0.3 is 14.4 Å². The number of fused-ring (bicyclic) bond motifs is 1. The van der Waals surface area contributed by atoms with Gasteiger partial charge in [-0.1, -0.05) is 23.4 Å². The van der Waals surface area contributed by atoms with Gasteiger partial charge in [-0.3, -0.25) is 4.57 Å². The van der Waals surface area contributed by atoms with Gasteiger partial charge in [0.2, 0.25) is 5.95 Å². The van der Waals surface area contributed by atoms with E-state index in [4.69, 9.17) is 16.0 Å². The molecule has 1 N–H and O–H groups in total. The third-order valence-electron chi connectivity index (χ3n) is 3.82. The number of aromatic hydroxyl groups is 1. The second-order valence-corrected chi connectivity index (χ2v) is 7.67. The summed E-state index contributed by atoms with van der Waals surface area (Å²) in [5.41, 5.74) is 0.580. The topological polar surface area (TPSA) is 84.4 Å². The molecule has 0 bridgehead atoms. The Bertz CT molecular complexity index is 1010. The van der Waals surface area contributed by atoms with E-state index in [0.717, 1.165) is 16.7 Å². The van der Waals surface area contributed by atoms with Crippen molar-refractivity contribution in [1.82, 2.24) is 14.8 Å². The van der Waals surface area contributed by atoms with E-state index in [0.29, 0.717) is 16.7 Å². The van der Waals surface area contributed by atoms with Crippen molar-refractivity contribution < 1.29 is 9.52 Å². The monoisotopic (exact) mass is 394 g/mol. The van der Waals surface area contributed by atoms with Crippen LogP contribution in [0.2, 0.25) is 5.02 Å². The van der Waals surface area contributed by atoms with Gasteiger partial charge in [0.15, 0.2) is 5.16 Å². The average molecular weight is 395 g/mol. The highest BCUT2D eigenvalue weighted by molar-refractivity contribution is 7.98. The van der Waals surface area contributed by atoms with Gasteiger partial charge in [-0.15, -0.1) is 10.2 Å². The van der Waals surface area contributed by atoms with Crippen molar-refractivity contribution in [2.24, 2.45) is 0 Å². The zero-order valence-electron chi connectivity index (χ0n) is 14.9. The first-order chi connectivity index (χ1) is 12.3. The number of phenols is 1. The van der Waals surface area contributed by atoms with E-state index in [1.807, 2.05) is 23.6 Å². The number of rotatable bonds is 5. The minimum Gasteiger partial charge on any atom is -0.506 e. The lowest BCUT2D eigenvalue weighted by Crippen LogP contribution is -2.17. The van der Waals surface area contributed by atoms with E-state index < -0.39 is 5.63 Å². The maximum absolute atomic E-state index is 11.9. The predicted octanol–water partition coefficient (Wildman–Crippen LogP) is 3.68. The molecule has 26 heavy (non-hydrogen) atoms. The zero-order chi connectivity index (χ0) is 19.0. The molecule has 138 valence electrons. The summed E-state index contributed by atoms with van der Waals surface area (Å²) in [4.78, 5) is 13.8. The molecule has 0 fully saturated rings. The highest BCUT2D eigenvalue weighted by atomic mass is 35.5. The summed E-state index contributed by atoms with van der Waals surface area (Å²) in [6.07, 6.45) is 0. The molecule has 0 amide bonds. The Labute approximate surface area is 159 Å². The summed E-state index contributed by atoms with van der Waals surface area (Å²) in [6.45, 7) is 4.13. The number of benzene rings is 1. The van der Waals surface area contributed by atoms with Crippen LogP contribution >= 0.6 is 23.4 Å². The molecule has 1 aromatic carbocycles. The molecule has 0 atom stereocenters. The van der Waals surface area contributed by atoms with E-state index in [9.17, 15) is 9.90 Å². The molecule has 0 radical (unpaired) electrons. The second kappa shape index (κ2) is 7.20. The van der Waals surface area contributed by atoms with E-state index >= 15 is 0 Å². The number of anilines is 1.